The van der Waals surface area contributed by atoms with E-state index in [1.54, 1.807) is 0 Å². The molecule has 2 heterocycles. The number of ether oxygens (including phenoxy) is 2. The average Bonchev–Trinajstić information content (AvgIpc) is 2.78. The monoisotopic (exact) mass is 302 g/mol. The molecule has 1 saturated carbocycles. The SMILES string of the molecule is BrC1CCCCC1C1CCOC2(CCOC2)C1. The minimum atomic E-state index is 0.0904. The average molecular weight is 303 g/mol. The zero-order chi connectivity index (χ0) is 11.7. The van der Waals surface area contributed by atoms with Crippen LogP contribution in [-0.2, 0) is 9.47 Å². The van der Waals surface area contributed by atoms with E-state index in [4.69, 9.17) is 9.47 Å². The third-order valence-electron chi connectivity index (χ3n) is 4.94. The number of hydrogen-bond acceptors (Lipinski definition) is 2. The lowest BCUT2D eigenvalue weighted by atomic mass is 9.72. The Hall–Kier alpha value is 0.400. The van der Waals surface area contributed by atoms with E-state index in [9.17, 15) is 0 Å². The predicted octanol–water partition coefficient (Wildman–Crippen LogP) is 3.53. The van der Waals surface area contributed by atoms with Crippen molar-refractivity contribution >= 4 is 15.9 Å². The van der Waals surface area contributed by atoms with E-state index < -0.39 is 0 Å². The van der Waals surface area contributed by atoms with Gasteiger partial charge in [0.15, 0.2) is 0 Å². The Labute approximate surface area is 113 Å². The zero-order valence-electron chi connectivity index (χ0n) is 10.5. The van der Waals surface area contributed by atoms with Crippen LogP contribution in [0.4, 0.5) is 0 Å². The highest BCUT2D eigenvalue weighted by atomic mass is 79.9. The highest BCUT2D eigenvalue weighted by molar-refractivity contribution is 9.09. The van der Waals surface area contributed by atoms with Crippen molar-refractivity contribution in [1.29, 1.82) is 0 Å². The van der Waals surface area contributed by atoms with Gasteiger partial charge < -0.3 is 9.47 Å². The van der Waals surface area contributed by atoms with E-state index in [0.717, 1.165) is 42.9 Å². The Bertz CT molecular complexity index is 263. The normalized spacial score (nSPS) is 47.5. The summed E-state index contributed by atoms with van der Waals surface area (Å²) in [5.41, 5.74) is 0.0904. The van der Waals surface area contributed by atoms with Crippen LogP contribution in [0, 0.1) is 11.8 Å². The second kappa shape index (κ2) is 5.18. The Balaban J connectivity index is 1.66. The van der Waals surface area contributed by atoms with Gasteiger partial charge in [0.25, 0.3) is 0 Å². The molecule has 3 heteroatoms. The molecule has 0 aromatic rings. The standard InChI is InChI=1S/C14H23BrO2/c15-13-4-2-1-3-12(13)11-5-7-17-14(9-11)6-8-16-10-14/h11-13H,1-10H2. The third kappa shape index (κ3) is 2.57. The van der Waals surface area contributed by atoms with E-state index in [1.807, 2.05) is 0 Å². The van der Waals surface area contributed by atoms with Crippen molar-refractivity contribution in [2.75, 3.05) is 19.8 Å². The van der Waals surface area contributed by atoms with Gasteiger partial charge in [0, 0.05) is 24.5 Å². The van der Waals surface area contributed by atoms with Gasteiger partial charge in [-0.15, -0.1) is 0 Å². The second-order valence-electron chi connectivity index (χ2n) is 6.05. The lowest BCUT2D eigenvalue weighted by Crippen LogP contribution is -2.44. The summed E-state index contributed by atoms with van der Waals surface area (Å²) in [6.07, 6.45) is 9.22. The van der Waals surface area contributed by atoms with Crippen molar-refractivity contribution in [1.82, 2.24) is 0 Å². The first-order valence-electron chi connectivity index (χ1n) is 7.15. The molecule has 98 valence electrons. The summed E-state index contributed by atoms with van der Waals surface area (Å²) in [6, 6.07) is 0. The van der Waals surface area contributed by atoms with Gasteiger partial charge in [-0.25, -0.2) is 0 Å². The lowest BCUT2D eigenvalue weighted by molar-refractivity contribution is -0.108. The summed E-state index contributed by atoms with van der Waals surface area (Å²) in [4.78, 5) is 0.749. The lowest BCUT2D eigenvalue weighted by Gasteiger charge is -2.43. The molecule has 0 amide bonds. The van der Waals surface area contributed by atoms with Crippen LogP contribution in [0.1, 0.15) is 44.9 Å². The molecule has 3 fully saturated rings. The van der Waals surface area contributed by atoms with Crippen LogP contribution in [0.3, 0.4) is 0 Å². The van der Waals surface area contributed by atoms with E-state index in [0.29, 0.717) is 0 Å². The minimum Gasteiger partial charge on any atom is -0.378 e. The predicted molar refractivity (Wildman–Crippen MR) is 71.5 cm³/mol. The molecule has 4 unspecified atom stereocenters. The van der Waals surface area contributed by atoms with E-state index >= 15 is 0 Å². The number of alkyl halides is 1. The molecular weight excluding hydrogens is 280 g/mol. The van der Waals surface area contributed by atoms with Gasteiger partial charge in [-0.05, 0) is 37.5 Å². The van der Waals surface area contributed by atoms with Gasteiger partial charge in [0.1, 0.15) is 0 Å². The first kappa shape index (κ1) is 12.4. The summed E-state index contributed by atoms with van der Waals surface area (Å²) in [6.45, 7) is 2.68. The maximum absolute atomic E-state index is 6.04. The van der Waals surface area contributed by atoms with Crippen LogP contribution in [-0.4, -0.2) is 30.2 Å². The fourth-order valence-corrected chi connectivity index (χ4v) is 4.96. The van der Waals surface area contributed by atoms with Gasteiger partial charge in [-0.3, -0.25) is 0 Å². The fourth-order valence-electron chi connectivity index (χ4n) is 3.94. The highest BCUT2D eigenvalue weighted by Crippen LogP contribution is 2.44. The molecule has 17 heavy (non-hydrogen) atoms. The Morgan fingerprint density at radius 2 is 1.94 bits per heavy atom. The highest BCUT2D eigenvalue weighted by Gasteiger charge is 2.44. The molecule has 0 bridgehead atoms. The maximum Gasteiger partial charge on any atom is 0.0939 e. The Kier molecular flexibility index (Phi) is 3.79. The van der Waals surface area contributed by atoms with Gasteiger partial charge in [-0.2, -0.15) is 0 Å². The van der Waals surface area contributed by atoms with E-state index in [2.05, 4.69) is 15.9 Å². The van der Waals surface area contributed by atoms with Gasteiger partial charge in [0.05, 0.1) is 12.2 Å². The molecule has 2 aliphatic heterocycles. The number of hydrogen-bond donors (Lipinski definition) is 0. The first-order chi connectivity index (χ1) is 8.29. The van der Waals surface area contributed by atoms with Crippen molar-refractivity contribution in [3.8, 4) is 0 Å². The fraction of sp³-hybridized carbons (Fsp3) is 1.00. The molecule has 0 radical (unpaired) electrons. The van der Waals surface area contributed by atoms with Crippen LogP contribution in [0.15, 0.2) is 0 Å². The van der Waals surface area contributed by atoms with Crippen LogP contribution < -0.4 is 0 Å². The minimum absolute atomic E-state index is 0.0904. The Morgan fingerprint density at radius 1 is 1.06 bits per heavy atom. The molecule has 2 nitrogen and oxygen atoms in total. The molecule has 0 aromatic heterocycles. The van der Waals surface area contributed by atoms with Crippen molar-refractivity contribution in [2.24, 2.45) is 11.8 Å². The summed E-state index contributed by atoms with van der Waals surface area (Å²) in [5, 5.41) is 0. The van der Waals surface area contributed by atoms with Crippen LogP contribution in [0.5, 0.6) is 0 Å². The number of halogens is 1. The molecule has 4 atom stereocenters. The molecule has 1 spiro atoms. The van der Waals surface area contributed by atoms with Crippen molar-refractivity contribution < 1.29 is 9.47 Å². The van der Waals surface area contributed by atoms with Gasteiger partial charge >= 0.3 is 0 Å². The second-order valence-corrected chi connectivity index (χ2v) is 7.23. The van der Waals surface area contributed by atoms with Crippen LogP contribution >= 0.6 is 15.9 Å². The first-order valence-corrected chi connectivity index (χ1v) is 8.06. The molecule has 1 aliphatic carbocycles. The summed E-state index contributed by atoms with van der Waals surface area (Å²) in [5.74, 6) is 1.74. The largest absolute Gasteiger partial charge is 0.378 e. The van der Waals surface area contributed by atoms with Crippen molar-refractivity contribution in [2.45, 2.75) is 55.4 Å². The molecule has 0 aromatic carbocycles. The summed E-state index contributed by atoms with van der Waals surface area (Å²) in [7, 11) is 0. The topological polar surface area (TPSA) is 18.5 Å². The molecule has 0 N–H and O–H groups in total. The van der Waals surface area contributed by atoms with Gasteiger partial charge in [0.2, 0.25) is 0 Å². The Morgan fingerprint density at radius 3 is 2.71 bits per heavy atom. The van der Waals surface area contributed by atoms with E-state index in [-0.39, 0.29) is 5.60 Å². The maximum atomic E-state index is 6.04. The van der Waals surface area contributed by atoms with Crippen LogP contribution in [0.2, 0.25) is 0 Å². The molecule has 3 rings (SSSR count). The zero-order valence-corrected chi connectivity index (χ0v) is 12.1. The third-order valence-corrected chi connectivity index (χ3v) is 6.07. The quantitative estimate of drug-likeness (QED) is 0.690. The van der Waals surface area contributed by atoms with Crippen molar-refractivity contribution in [3.05, 3.63) is 0 Å². The van der Waals surface area contributed by atoms with Crippen molar-refractivity contribution in [3.63, 3.8) is 0 Å². The smallest absolute Gasteiger partial charge is 0.0939 e. The van der Waals surface area contributed by atoms with E-state index in [1.165, 1.54) is 38.5 Å². The molecular formula is C14H23BrO2. The molecule has 2 saturated heterocycles. The molecule has 3 aliphatic rings. The van der Waals surface area contributed by atoms with Gasteiger partial charge in [-0.1, -0.05) is 28.8 Å². The van der Waals surface area contributed by atoms with Crippen LogP contribution in [0.25, 0.3) is 0 Å². The number of rotatable bonds is 1. The summed E-state index contributed by atoms with van der Waals surface area (Å²) < 4.78 is 11.6. The summed E-state index contributed by atoms with van der Waals surface area (Å²) >= 11 is 3.92.